The third kappa shape index (κ3) is 2.02. The Balaban J connectivity index is 2.32. The molecule has 2 heterocycles. The van der Waals surface area contributed by atoms with E-state index < -0.39 is 0 Å². The topological polar surface area (TPSA) is 52.1 Å². The maximum atomic E-state index is 10.5. The van der Waals surface area contributed by atoms with Crippen molar-refractivity contribution in [2.24, 2.45) is 0 Å². The molecule has 0 atom stereocenters. The van der Waals surface area contributed by atoms with Gasteiger partial charge in [-0.2, -0.15) is 0 Å². The molecular formula is C10H8N2O2S. The van der Waals surface area contributed by atoms with Gasteiger partial charge in [0.2, 0.25) is 5.88 Å². The molecule has 0 aliphatic carbocycles. The molecule has 0 aliphatic rings. The van der Waals surface area contributed by atoms with Crippen LogP contribution in [0.4, 0.5) is 0 Å². The summed E-state index contributed by atoms with van der Waals surface area (Å²) >= 11 is 1.42. The minimum Gasteiger partial charge on any atom is -0.481 e. The first kappa shape index (κ1) is 9.79. The molecule has 2 aromatic rings. The van der Waals surface area contributed by atoms with Gasteiger partial charge in [-0.05, 0) is 6.07 Å². The number of pyridine rings is 1. The predicted octanol–water partition coefficient (Wildman–Crippen LogP) is 2.03. The Kier molecular flexibility index (Phi) is 2.73. The molecule has 0 saturated carbocycles. The molecule has 15 heavy (non-hydrogen) atoms. The molecule has 0 aliphatic heterocycles. The van der Waals surface area contributed by atoms with Gasteiger partial charge >= 0.3 is 0 Å². The van der Waals surface area contributed by atoms with Crippen LogP contribution in [-0.2, 0) is 0 Å². The fourth-order valence-electron chi connectivity index (χ4n) is 1.10. The van der Waals surface area contributed by atoms with Gasteiger partial charge in [0.05, 0.1) is 7.11 Å². The van der Waals surface area contributed by atoms with Gasteiger partial charge in [0.1, 0.15) is 10.7 Å². The lowest BCUT2D eigenvalue weighted by molar-refractivity contribution is 0.111. The van der Waals surface area contributed by atoms with E-state index in [-0.39, 0.29) is 0 Å². The minimum absolute atomic E-state index is 0.450. The summed E-state index contributed by atoms with van der Waals surface area (Å²) in [7, 11) is 1.57. The second-order valence-electron chi connectivity index (χ2n) is 2.78. The zero-order chi connectivity index (χ0) is 10.7. The highest BCUT2D eigenvalue weighted by atomic mass is 32.1. The Morgan fingerprint density at radius 1 is 1.47 bits per heavy atom. The summed E-state index contributed by atoms with van der Waals surface area (Å²) in [6.45, 7) is 0. The Morgan fingerprint density at radius 3 is 2.87 bits per heavy atom. The standard InChI is InChI=1S/C10H8N2O2S/c1-14-9-3-2-7(4-11-9)10-12-8(5-13)6-15-10/h2-6H,1H3. The van der Waals surface area contributed by atoms with Crippen LogP contribution >= 0.6 is 11.3 Å². The van der Waals surface area contributed by atoms with Crippen LogP contribution < -0.4 is 4.74 Å². The number of thiazole rings is 1. The monoisotopic (exact) mass is 220 g/mol. The number of hydrogen-bond donors (Lipinski definition) is 0. The van der Waals surface area contributed by atoms with Crippen LogP contribution in [-0.4, -0.2) is 23.4 Å². The third-order valence-electron chi connectivity index (χ3n) is 1.84. The van der Waals surface area contributed by atoms with Gasteiger partial charge in [0.15, 0.2) is 6.29 Å². The van der Waals surface area contributed by atoms with Crippen LogP contribution in [0.25, 0.3) is 10.6 Å². The first-order valence-corrected chi connectivity index (χ1v) is 5.12. The Labute approximate surface area is 90.6 Å². The summed E-state index contributed by atoms with van der Waals surface area (Å²) in [4.78, 5) is 18.6. The maximum Gasteiger partial charge on any atom is 0.212 e. The van der Waals surface area contributed by atoms with E-state index in [0.717, 1.165) is 16.9 Å². The molecule has 0 spiro atoms. The van der Waals surface area contributed by atoms with Gasteiger partial charge in [-0.3, -0.25) is 4.79 Å². The Hall–Kier alpha value is -1.75. The van der Waals surface area contributed by atoms with Crippen LogP contribution in [0.2, 0.25) is 0 Å². The summed E-state index contributed by atoms with van der Waals surface area (Å²) in [6, 6.07) is 3.62. The number of ether oxygens (including phenoxy) is 1. The minimum atomic E-state index is 0.450. The lowest BCUT2D eigenvalue weighted by atomic mass is 10.3. The number of rotatable bonds is 3. The molecule has 0 amide bonds. The summed E-state index contributed by atoms with van der Waals surface area (Å²) in [5, 5.41) is 2.50. The highest BCUT2D eigenvalue weighted by molar-refractivity contribution is 7.13. The van der Waals surface area contributed by atoms with E-state index in [9.17, 15) is 4.79 Å². The lowest BCUT2D eigenvalue weighted by Crippen LogP contribution is -1.87. The van der Waals surface area contributed by atoms with E-state index >= 15 is 0 Å². The van der Waals surface area contributed by atoms with Crippen molar-refractivity contribution in [1.29, 1.82) is 0 Å². The van der Waals surface area contributed by atoms with Crippen molar-refractivity contribution in [3.05, 3.63) is 29.4 Å². The van der Waals surface area contributed by atoms with E-state index in [2.05, 4.69) is 9.97 Å². The summed E-state index contributed by atoms with van der Waals surface area (Å²) in [5.74, 6) is 0.561. The van der Waals surface area contributed by atoms with E-state index in [4.69, 9.17) is 4.74 Å². The molecule has 2 rings (SSSR count). The molecule has 5 heteroatoms. The summed E-state index contributed by atoms with van der Waals surface area (Å²) in [6.07, 6.45) is 2.41. The average Bonchev–Trinajstić information content (AvgIpc) is 2.78. The van der Waals surface area contributed by atoms with Crippen LogP contribution in [0, 0.1) is 0 Å². The zero-order valence-electron chi connectivity index (χ0n) is 8.01. The molecule has 0 unspecified atom stereocenters. The number of aldehydes is 1. The smallest absolute Gasteiger partial charge is 0.212 e. The van der Waals surface area contributed by atoms with Crippen molar-refractivity contribution in [2.45, 2.75) is 0 Å². The Morgan fingerprint density at radius 2 is 2.33 bits per heavy atom. The summed E-state index contributed by atoms with van der Waals surface area (Å²) < 4.78 is 4.95. The first-order chi connectivity index (χ1) is 7.33. The number of carbonyl (C=O) groups is 1. The zero-order valence-corrected chi connectivity index (χ0v) is 8.82. The van der Waals surface area contributed by atoms with Gasteiger partial charge in [-0.15, -0.1) is 11.3 Å². The Bertz CT molecular complexity index is 465. The van der Waals surface area contributed by atoms with Crippen molar-refractivity contribution in [3.63, 3.8) is 0 Å². The van der Waals surface area contributed by atoms with Gasteiger partial charge in [-0.1, -0.05) is 0 Å². The van der Waals surface area contributed by atoms with Crippen LogP contribution in [0.1, 0.15) is 10.5 Å². The van der Waals surface area contributed by atoms with E-state index in [1.165, 1.54) is 11.3 Å². The van der Waals surface area contributed by atoms with Crippen molar-refractivity contribution in [2.75, 3.05) is 7.11 Å². The average molecular weight is 220 g/mol. The fraction of sp³-hybridized carbons (Fsp3) is 0.100. The molecule has 0 bridgehead atoms. The normalized spacial score (nSPS) is 9.93. The number of nitrogens with zero attached hydrogens (tertiary/aromatic N) is 2. The maximum absolute atomic E-state index is 10.5. The molecule has 4 nitrogen and oxygen atoms in total. The predicted molar refractivity (Wildman–Crippen MR) is 57.3 cm³/mol. The highest BCUT2D eigenvalue weighted by Gasteiger charge is 2.04. The number of carbonyl (C=O) groups excluding carboxylic acids is 1. The first-order valence-electron chi connectivity index (χ1n) is 4.24. The molecule has 0 N–H and O–H groups in total. The molecular weight excluding hydrogens is 212 g/mol. The van der Waals surface area contributed by atoms with Crippen molar-refractivity contribution >= 4 is 17.6 Å². The fourth-order valence-corrected chi connectivity index (χ4v) is 1.86. The second-order valence-corrected chi connectivity index (χ2v) is 3.64. The lowest BCUT2D eigenvalue weighted by Gasteiger charge is -1.98. The van der Waals surface area contributed by atoms with Crippen LogP contribution in [0.15, 0.2) is 23.7 Å². The number of aromatic nitrogens is 2. The van der Waals surface area contributed by atoms with Crippen LogP contribution in [0.5, 0.6) is 5.88 Å². The molecule has 0 saturated heterocycles. The largest absolute Gasteiger partial charge is 0.481 e. The second kappa shape index (κ2) is 4.18. The van der Waals surface area contributed by atoms with E-state index in [0.29, 0.717) is 11.6 Å². The van der Waals surface area contributed by atoms with Crippen LogP contribution in [0.3, 0.4) is 0 Å². The quantitative estimate of drug-likeness (QED) is 0.742. The van der Waals surface area contributed by atoms with E-state index in [1.807, 2.05) is 6.07 Å². The number of hydrogen-bond acceptors (Lipinski definition) is 5. The van der Waals surface area contributed by atoms with Gasteiger partial charge in [-0.25, -0.2) is 9.97 Å². The molecule has 76 valence electrons. The molecule has 0 radical (unpaired) electrons. The van der Waals surface area contributed by atoms with Crippen molar-refractivity contribution in [1.82, 2.24) is 9.97 Å². The highest BCUT2D eigenvalue weighted by Crippen LogP contribution is 2.23. The van der Waals surface area contributed by atoms with Crippen molar-refractivity contribution in [3.8, 4) is 16.5 Å². The number of methoxy groups -OCH3 is 1. The van der Waals surface area contributed by atoms with Gasteiger partial charge in [0, 0.05) is 23.2 Å². The SMILES string of the molecule is COc1ccc(-c2nc(C=O)cs2)cn1. The van der Waals surface area contributed by atoms with Crippen molar-refractivity contribution < 1.29 is 9.53 Å². The molecule has 0 fully saturated rings. The van der Waals surface area contributed by atoms with E-state index in [1.54, 1.807) is 24.8 Å². The van der Waals surface area contributed by atoms with Gasteiger partial charge in [0.25, 0.3) is 0 Å². The molecule has 2 aromatic heterocycles. The molecule has 0 aromatic carbocycles. The van der Waals surface area contributed by atoms with Gasteiger partial charge < -0.3 is 4.74 Å². The third-order valence-corrected chi connectivity index (χ3v) is 2.74. The summed E-state index contributed by atoms with van der Waals surface area (Å²) in [5.41, 5.74) is 1.33.